The van der Waals surface area contributed by atoms with Crippen LogP contribution < -0.4 is 5.32 Å². The molecule has 2 heteroatoms. The quantitative estimate of drug-likeness (QED) is 0.570. The van der Waals surface area contributed by atoms with Gasteiger partial charge in [0, 0.05) is 4.47 Å². The fourth-order valence-electron chi connectivity index (χ4n) is 2.91. The standard InChI is InChI=1S/C19H32BrN/c1-5-16(6-2)10-18(14-21-13-15(3)4)11-17-8-7-9-19(20)12-17/h7-9,12,15-16,18,21H,5-6,10-11,13-14H2,1-4H3. The van der Waals surface area contributed by atoms with Crippen LogP contribution in [0.15, 0.2) is 28.7 Å². The van der Waals surface area contributed by atoms with E-state index in [1.165, 1.54) is 35.7 Å². The van der Waals surface area contributed by atoms with Gasteiger partial charge in [0.05, 0.1) is 0 Å². The summed E-state index contributed by atoms with van der Waals surface area (Å²) < 4.78 is 1.19. The van der Waals surface area contributed by atoms with E-state index < -0.39 is 0 Å². The van der Waals surface area contributed by atoms with Crippen LogP contribution in [-0.2, 0) is 6.42 Å². The van der Waals surface area contributed by atoms with Crippen LogP contribution in [0.2, 0.25) is 0 Å². The molecule has 0 radical (unpaired) electrons. The summed E-state index contributed by atoms with van der Waals surface area (Å²) in [5.74, 6) is 2.33. The lowest BCUT2D eigenvalue weighted by molar-refractivity contribution is 0.333. The first-order valence-corrected chi connectivity index (χ1v) is 9.29. The van der Waals surface area contributed by atoms with Gasteiger partial charge in [0.2, 0.25) is 0 Å². The molecule has 0 amide bonds. The summed E-state index contributed by atoms with van der Waals surface area (Å²) in [5.41, 5.74) is 1.45. The number of rotatable bonds is 10. The Morgan fingerprint density at radius 2 is 1.76 bits per heavy atom. The third-order valence-corrected chi connectivity index (χ3v) is 4.71. The molecular formula is C19H32BrN. The molecular weight excluding hydrogens is 322 g/mol. The first-order valence-electron chi connectivity index (χ1n) is 8.50. The molecule has 0 saturated carbocycles. The molecule has 21 heavy (non-hydrogen) atoms. The number of hydrogen-bond acceptors (Lipinski definition) is 1. The third-order valence-electron chi connectivity index (χ3n) is 4.22. The van der Waals surface area contributed by atoms with Gasteiger partial charge in [0.1, 0.15) is 0 Å². The van der Waals surface area contributed by atoms with E-state index in [-0.39, 0.29) is 0 Å². The van der Waals surface area contributed by atoms with Crippen LogP contribution in [0.4, 0.5) is 0 Å². The predicted octanol–water partition coefficient (Wildman–Crippen LogP) is 5.68. The van der Waals surface area contributed by atoms with Gasteiger partial charge in [0.25, 0.3) is 0 Å². The Balaban J connectivity index is 2.61. The lowest BCUT2D eigenvalue weighted by atomic mass is 9.86. The van der Waals surface area contributed by atoms with E-state index in [0.29, 0.717) is 0 Å². The minimum Gasteiger partial charge on any atom is -0.316 e. The van der Waals surface area contributed by atoms with E-state index in [4.69, 9.17) is 0 Å². The fraction of sp³-hybridized carbons (Fsp3) is 0.684. The summed E-state index contributed by atoms with van der Waals surface area (Å²) in [6.07, 6.45) is 5.12. The molecule has 0 heterocycles. The van der Waals surface area contributed by atoms with Crippen molar-refractivity contribution in [2.24, 2.45) is 17.8 Å². The molecule has 0 aliphatic carbocycles. The van der Waals surface area contributed by atoms with Crippen LogP contribution >= 0.6 is 15.9 Å². The predicted molar refractivity (Wildman–Crippen MR) is 97.7 cm³/mol. The summed E-state index contributed by atoms with van der Waals surface area (Å²) in [4.78, 5) is 0. The maximum atomic E-state index is 3.66. The molecule has 0 aliphatic heterocycles. The van der Waals surface area contributed by atoms with Gasteiger partial charge in [-0.3, -0.25) is 0 Å². The summed E-state index contributed by atoms with van der Waals surface area (Å²) in [6, 6.07) is 8.78. The molecule has 1 aromatic rings. The molecule has 1 rings (SSSR count). The number of nitrogens with one attached hydrogen (secondary N) is 1. The lowest BCUT2D eigenvalue weighted by Crippen LogP contribution is -2.28. The van der Waals surface area contributed by atoms with E-state index in [1.54, 1.807) is 0 Å². The van der Waals surface area contributed by atoms with Crippen LogP contribution in [0, 0.1) is 17.8 Å². The van der Waals surface area contributed by atoms with Crippen LogP contribution in [0.3, 0.4) is 0 Å². The summed E-state index contributed by atoms with van der Waals surface area (Å²) in [6.45, 7) is 11.5. The van der Waals surface area contributed by atoms with Crippen molar-refractivity contribution in [1.29, 1.82) is 0 Å². The van der Waals surface area contributed by atoms with Crippen molar-refractivity contribution in [1.82, 2.24) is 5.32 Å². The van der Waals surface area contributed by atoms with Crippen molar-refractivity contribution < 1.29 is 0 Å². The van der Waals surface area contributed by atoms with Gasteiger partial charge in [0.15, 0.2) is 0 Å². The average molecular weight is 354 g/mol. The van der Waals surface area contributed by atoms with Crippen molar-refractivity contribution in [3.05, 3.63) is 34.3 Å². The zero-order chi connectivity index (χ0) is 15.7. The molecule has 0 bridgehead atoms. The van der Waals surface area contributed by atoms with E-state index in [9.17, 15) is 0 Å². The largest absolute Gasteiger partial charge is 0.316 e. The SMILES string of the molecule is CCC(CC)CC(CNCC(C)C)Cc1cccc(Br)c1. The van der Waals surface area contributed by atoms with Gasteiger partial charge in [-0.2, -0.15) is 0 Å². The first kappa shape index (κ1) is 18.7. The van der Waals surface area contributed by atoms with E-state index >= 15 is 0 Å². The Morgan fingerprint density at radius 1 is 1.05 bits per heavy atom. The van der Waals surface area contributed by atoms with E-state index in [0.717, 1.165) is 30.8 Å². The second-order valence-electron chi connectivity index (χ2n) is 6.67. The minimum atomic E-state index is 0.727. The fourth-order valence-corrected chi connectivity index (χ4v) is 3.35. The normalized spacial score (nSPS) is 13.1. The molecule has 1 atom stereocenters. The topological polar surface area (TPSA) is 12.0 Å². The van der Waals surface area contributed by atoms with E-state index in [1.807, 2.05) is 0 Å². The van der Waals surface area contributed by atoms with Gasteiger partial charge in [-0.1, -0.05) is 68.6 Å². The van der Waals surface area contributed by atoms with Crippen molar-refractivity contribution >= 4 is 15.9 Å². The van der Waals surface area contributed by atoms with Gasteiger partial charge in [-0.05, 0) is 61.4 Å². The lowest BCUT2D eigenvalue weighted by Gasteiger charge is -2.23. The molecule has 1 unspecified atom stereocenters. The zero-order valence-electron chi connectivity index (χ0n) is 14.2. The van der Waals surface area contributed by atoms with Gasteiger partial charge < -0.3 is 5.32 Å². The smallest absolute Gasteiger partial charge is 0.0177 e. The Morgan fingerprint density at radius 3 is 2.33 bits per heavy atom. The molecule has 1 aromatic carbocycles. The van der Waals surface area contributed by atoms with Gasteiger partial charge in [-0.25, -0.2) is 0 Å². The molecule has 0 aliphatic rings. The highest BCUT2D eigenvalue weighted by atomic mass is 79.9. The minimum absolute atomic E-state index is 0.727. The number of hydrogen-bond donors (Lipinski definition) is 1. The summed E-state index contributed by atoms with van der Waals surface area (Å²) >= 11 is 3.59. The Bertz CT molecular complexity index is 385. The maximum absolute atomic E-state index is 3.66. The molecule has 1 nitrogen and oxygen atoms in total. The first-order chi connectivity index (χ1) is 10.0. The zero-order valence-corrected chi connectivity index (χ0v) is 15.7. The highest BCUT2D eigenvalue weighted by Crippen LogP contribution is 2.23. The van der Waals surface area contributed by atoms with E-state index in [2.05, 4.69) is 73.2 Å². The van der Waals surface area contributed by atoms with Crippen LogP contribution in [0.1, 0.15) is 52.5 Å². The average Bonchev–Trinajstić information content (AvgIpc) is 2.44. The van der Waals surface area contributed by atoms with Gasteiger partial charge >= 0.3 is 0 Å². The Kier molecular flexibility index (Phi) is 9.26. The molecule has 120 valence electrons. The summed E-state index contributed by atoms with van der Waals surface area (Å²) in [7, 11) is 0. The molecule has 0 fully saturated rings. The van der Waals surface area contributed by atoms with Crippen LogP contribution in [0.5, 0.6) is 0 Å². The monoisotopic (exact) mass is 353 g/mol. The van der Waals surface area contributed by atoms with Gasteiger partial charge in [-0.15, -0.1) is 0 Å². The molecule has 1 N–H and O–H groups in total. The van der Waals surface area contributed by atoms with Crippen molar-refractivity contribution in [2.45, 2.75) is 53.4 Å². The second-order valence-corrected chi connectivity index (χ2v) is 7.59. The van der Waals surface area contributed by atoms with Crippen LogP contribution in [-0.4, -0.2) is 13.1 Å². The molecule has 0 saturated heterocycles. The van der Waals surface area contributed by atoms with Crippen molar-refractivity contribution in [3.63, 3.8) is 0 Å². The van der Waals surface area contributed by atoms with Crippen molar-refractivity contribution in [2.75, 3.05) is 13.1 Å². The summed E-state index contributed by atoms with van der Waals surface area (Å²) in [5, 5.41) is 3.66. The number of halogens is 1. The third kappa shape index (κ3) is 8.01. The second kappa shape index (κ2) is 10.4. The van der Waals surface area contributed by atoms with Crippen LogP contribution in [0.25, 0.3) is 0 Å². The number of benzene rings is 1. The van der Waals surface area contributed by atoms with Crippen molar-refractivity contribution in [3.8, 4) is 0 Å². The maximum Gasteiger partial charge on any atom is 0.0177 e. The highest BCUT2D eigenvalue weighted by Gasteiger charge is 2.15. The Labute approximate surface area is 140 Å². The Hall–Kier alpha value is -0.340. The molecule has 0 aromatic heterocycles. The molecule has 0 spiro atoms. The highest BCUT2D eigenvalue weighted by molar-refractivity contribution is 9.10.